The number of alkyl carbamates (subject to hydrolysis) is 1. The van der Waals surface area contributed by atoms with Gasteiger partial charge < -0.3 is 20.7 Å². The van der Waals surface area contributed by atoms with Gasteiger partial charge in [-0.1, -0.05) is 0 Å². The van der Waals surface area contributed by atoms with E-state index in [1.165, 1.54) is 4.31 Å². The fourth-order valence-corrected chi connectivity index (χ4v) is 2.83. The number of ether oxygens (including phenoxy) is 1. The molecule has 3 N–H and O–H groups in total. The molecule has 0 fully saturated rings. The van der Waals surface area contributed by atoms with E-state index in [4.69, 9.17) is 4.74 Å². The molecule has 0 aliphatic carbocycles. The molecule has 0 atom stereocenters. The first-order valence-corrected chi connectivity index (χ1v) is 11.1. The molecule has 0 aromatic rings. The topological polar surface area (TPSA) is 112 Å². The number of nitrogens with zero attached hydrogens (tertiary/aromatic N) is 2. The van der Waals surface area contributed by atoms with E-state index >= 15 is 0 Å². The SMILES string of the molecule is CCNC(=NCCCNC(=O)OC(C)(C)C)NCCCN(C)S(=O)(=O)CC.I. The monoisotopic (exact) mass is 535 g/mol. The fraction of sp³-hybridized carbons (Fsp3) is 0.882. The number of halogens is 1. The number of rotatable bonds is 11. The molecule has 0 spiro atoms. The van der Waals surface area contributed by atoms with Crippen molar-refractivity contribution >= 4 is 46.1 Å². The Hall–Kier alpha value is -0.820. The van der Waals surface area contributed by atoms with Crippen LogP contribution >= 0.6 is 24.0 Å². The lowest BCUT2D eigenvalue weighted by Crippen LogP contribution is -2.39. The largest absolute Gasteiger partial charge is 0.444 e. The number of sulfonamides is 1. The number of carbonyl (C=O) groups is 1. The predicted molar refractivity (Wildman–Crippen MR) is 125 cm³/mol. The number of carbonyl (C=O) groups excluding carboxylic acids is 1. The number of hydrogen-bond acceptors (Lipinski definition) is 5. The van der Waals surface area contributed by atoms with Gasteiger partial charge in [-0.3, -0.25) is 4.99 Å². The van der Waals surface area contributed by atoms with Crippen molar-refractivity contribution in [2.75, 3.05) is 45.5 Å². The van der Waals surface area contributed by atoms with Crippen LogP contribution in [0.25, 0.3) is 0 Å². The first-order valence-electron chi connectivity index (χ1n) is 9.45. The summed E-state index contributed by atoms with van der Waals surface area (Å²) >= 11 is 0. The molecule has 9 nitrogen and oxygen atoms in total. The van der Waals surface area contributed by atoms with E-state index in [2.05, 4.69) is 20.9 Å². The van der Waals surface area contributed by atoms with Crippen LogP contribution in [-0.4, -0.2) is 75.9 Å². The zero-order valence-corrected chi connectivity index (χ0v) is 21.1. The van der Waals surface area contributed by atoms with Crippen LogP contribution in [0.15, 0.2) is 4.99 Å². The number of hydrogen-bond donors (Lipinski definition) is 3. The van der Waals surface area contributed by atoms with Gasteiger partial charge in [0.15, 0.2) is 5.96 Å². The van der Waals surface area contributed by atoms with Crippen molar-refractivity contribution in [3.63, 3.8) is 0 Å². The summed E-state index contributed by atoms with van der Waals surface area (Å²) in [5.74, 6) is 0.786. The van der Waals surface area contributed by atoms with Crippen molar-refractivity contribution in [1.82, 2.24) is 20.3 Å². The Morgan fingerprint density at radius 3 is 2.21 bits per heavy atom. The smallest absolute Gasteiger partial charge is 0.407 e. The van der Waals surface area contributed by atoms with Crippen LogP contribution in [0, 0.1) is 0 Å². The lowest BCUT2D eigenvalue weighted by atomic mass is 10.2. The molecule has 0 bridgehead atoms. The molecule has 28 heavy (non-hydrogen) atoms. The van der Waals surface area contributed by atoms with E-state index in [-0.39, 0.29) is 29.7 Å². The molecular weight excluding hydrogens is 497 g/mol. The molecule has 11 heteroatoms. The van der Waals surface area contributed by atoms with Gasteiger partial charge in [-0.05, 0) is 47.5 Å². The fourth-order valence-electron chi connectivity index (χ4n) is 1.98. The maximum absolute atomic E-state index is 11.7. The van der Waals surface area contributed by atoms with Gasteiger partial charge in [0.2, 0.25) is 10.0 Å². The Balaban J connectivity index is 0. The van der Waals surface area contributed by atoms with E-state index in [0.29, 0.717) is 45.0 Å². The number of guanidine groups is 1. The molecule has 0 saturated carbocycles. The molecule has 1 amide bonds. The summed E-state index contributed by atoms with van der Waals surface area (Å²) in [6.07, 6.45) is 0.941. The van der Waals surface area contributed by atoms with Gasteiger partial charge in [-0.15, -0.1) is 24.0 Å². The molecule has 0 aliphatic heterocycles. The molecule has 0 rings (SSSR count). The average molecular weight is 535 g/mol. The Bertz CT molecular complexity index is 564. The molecule has 0 unspecified atom stereocenters. The van der Waals surface area contributed by atoms with Crippen molar-refractivity contribution in [3.05, 3.63) is 0 Å². The Morgan fingerprint density at radius 2 is 1.68 bits per heavy atom. The van der Waals surface area contributed by atoms with Crippen molar-refractivity contribution in [3.8, 4) is 0 Å². The minimum atomic E-state index is -3.13. The summed E-state index contributed by atoms with van der Waals surface area (Å²) < 4.78 is 29.9. The quantitative estimate of drug-likeness (QED) is 0.161. The van der Waals surface area contributed by atoms with Gasteiger partial charge >= 0.3 is 6.09 Å². The Morgan fingerprint density at radius 1 is 1.07 bits per heavy atom. The summed E-state index contributed by atoms with van der Waals surface area (Å²) in [6.45, 7) is 11.9. The molecular formula is C17H38IN5O4S. The molecule has 168 valence electrons. The van der Waals surface area contributed by atoms with Crippen molar-refractivity contribution in [2.45, 2.75) is 53.1 Å². The highest BCUT2D eigenvalue weighted by Crippen LogP contribution is 2.06. The van der Waals surface area contributed by atoms with Gasteiger partial charge in [0.1, 0.15) is 5.60 Å². The summed E-state index contributed by atoms with van der Waals surface area (Å²) in [6, 6.07) is 0. The molecule has 0 aromatic carbocycles. The predicted octanol–water partition coefficient (Wildman–Crippen LogP) is 1.75. The standard InChI is InChI=1S/C17H37N5O4S.HI/c1-7-18-15(20-13-10-14-22(6)27(24,25)8-2)19-11-9-12-21-16(23)26-17(3,4)5;/h7-14H2,1-6H3,(H,21,23)(H2,18,19,20);1H. The first-order chi connectivity index (χ1) is 12.5. The highest BCUT2D eigenvalue weighted by Gasteiger charge is 2.15. The second-order valence-electron chi connectivity index (χ2n) is 7.05. The van der Waals surface area contributed by atoms with Gasteiger partial charge in [0, 0.05) is 39.8 Å². The second kappa shape index (κ2) is 15.1. The van der Waals surface area contributed by atoms with E-state index in [0.717, 1.165) is 6.54 Å². The zero-order valence-electron chi connectivity index (χ0n) is 18.0. The van der Waals surface area contributed by atoms with E-state index in [1.54, 1.807) is 14.0 Å². The van der Waals surface area contributed by atoms with Crippen LogP contribution in [-0.2, 0) is 14.8 Å². The third-order valence-corrected chi connectivity index (χ3v) is 5.26. The summed E-state index contributed by atoms with van der Waals surface area (Å²) in [5, 5.41) is 9.02. The summed E-state index contributed by atoms with van der Waals surface area (Å²) in [7, 11) is -1.54. The number of nitrogens with one attached hydrogen (secondary N) is 3. The maximum Gasteiger partial charge on any atom is 0.407 e. The lowest BCUT2D eigenvalue weighted by molar-refractivity contribution is 0.0527. The van der Waals surface area contributed by atoms with Crippen LogP contribution in [0.3, 0.4) is 0 Å². The van der Waals surface area contributed by atoms with Crippen LogP contribution in [0.5, 0.6) is 0 Å². The maximum atomic E-state index is 11.7. The number of aliphatic imine (C=N–C) groups is 1. The molecule has 0 saturated heterocycles. The van der Waals surface area contributed by atoms with E-state index < -0.39 is 21.7 Å². The average Bonchev–Trinajstić information content (AvgIpc) is 2.56. The van der Waals surface area contributed by atoms with Crippen LogP contribution < -0.4 is 16.0 Å². The third kappa shape index (κ3) is 15.1. The van der Waals surface area contributed by atoms with Crippen LogP contribution in [0.2, 0.25) is 0 Å². The van der Waals surface area contributed by atoms with Gasteiger partial charge in [0.25, 0.3) is 0 Å². The molecule has 0 aliphatic rings. The zero-order chi connectivity index (χ0) is 20.9. The molecule has 0 aromatic heterocycles. The molecule has 0 heterocycles. The number of amides is 1. The normalized spacial score (nSPS) is 12.3. The Labute approximate surface area is 187 Å². The first kappa shape index (κ1) is 29.4. The third-order valence-electron chi connectivity index (χ3n) is 3.40. The van der Waals surface area contributed by atoms with Crippen molar-refractivity contribution < 1.29 is 17.9 Å². The Kier molecular flexibility index (Phi) is 15.8. The van der Waals surface area contributed by atoms with Gasteiger partial charge in [-0.25, -0.2) is 17.5 Å². The van der Waals surface area contributed by atoms with Crippen LogP contribution in [0.4, 0.5) is 4.79 Å². The lowest BCUT2D eigenvalue weighted by Gasteiger charge is -2.19. The summed E-state index contributed by atoms with van der Waals surface area (Å²) in [5.41, 5.74) is -0.505. The van der Waals surface area contributed by atoms with E-state index in [9.17, 15) is 13.2 Å². The van der Waals surface area contributed by atoms with Gasteiger partial charge in [-0.2, -0.15) is 0 Å². The molecule has 0 radical (unpaired) electrons. The van der Waals surface area contributed by atoms with Crippen molar-refractivity contribution in [2.24, 2.45) is 4.99 Å². The van der Waals surface area contributed by atoms with Crippen LogP contribution in [0.1, 0.15) is 47.5 Å². The van der Waals surface area contributed by atoms with Crippen molar-refractivity contribution in [1.29, 1.82) is 0 Å². The van der Waals surface area contributed by atoms with E-state index in [1.807, 2.05) is 27.7 Å². The van der Waals surface area contributed by atoms with Gasteiger partial charge in [0.05, 0.1) is 5.75 Å². The highest BCUT2D eigenvalue weighted by molar-refractivity contribution is 14.0. The second-order valence-corrected chi connectivity index (χ2v) is 9.41. The minimum absolute atomic E-state index is 0. The minimum Gasteiger partial charge on any atom is -0.444 e. The highest BCUT2D eigenvalue weighted by atomic mass is 127. The summed E-state index contributed by atoms with van der Waals surface area (Å²) in [4.78, 5) is 16.0.